The van der Waals surface area contributed by atoms with Crippen LogP contribution >= 0.6 is 0 Å². The Kier molecular flexibility index (Phi) is 18.5. The minimum atomic E-state index is -0.333. The van der Waals surface area contributed by atoms with Crippen LogP contribution in [0.1, 0.15) is 15.3 Å². The molecule has 0 fully saturated rings. The topological polar surface area (TPSA) is 86.2 Å². The Labute approximate surface area is 67.6 Å². The second kappa shape index (κ2) is 10.5. The number of primary amides is 2. The van der Waals surface area contributed by atoms with E-state index >= 15 is 0 Å². The summed E-state index contributed by atoms with van der Waals surface area (Å²) >= 11 is 0. The van der Waals surface area contributed by atoms with Crippen molar-refractivity contribution in [2.45, 2.75) is 13.8 Å². The van der Waals surface area contributed by atoms with Gasteiger partial charge in [0.1, 0.15) is 0 Å². The normalized spacial score (nSPS) is 5.56. The summed E-state index contributed by atoms with van der Waals surface area (Å²) in [7, 11) is 0. The van der Waals surface area contributed by atoms with Crippen LogP contribution in [0.15, 0.2) is 0 Å². The zero-order valence-electron chi connectivity index (χ0n) is 6.97. The van der Waals surface area contributed by atoms with Crippen molar-refractivity contribution in [3.63, 3.8) is 0 Å². The number of carbonyl (C=O) groups is 2. The maximum absolute atomic E-state index is 9.22. The summed E-state index contributed by atoms with van der Waals surface area (Å²) in [5.74, 6) is -0.667. The first-order valence-corrected chi connectivity index (χ1v) is 1.99. The van der Waals surface area contributed by atoms with Crippen LogP contribution in [0.25, 0.3) is 0 Å². The molecule has 0 aliphatic carbocycles. The molecule has 0 bridgehead atoms. The van der Waals surface area contributed by atoms with Gasteiger partial charge in [0, 0.05) is 13.8 Å². The maximum Gasteiger partial charge on any atom is 1.00 e. The van der Waals surface area contributed by atoms with E-state index < -0.39 is 0 Å². The van der Waals surface area contributed by atoms with Gasteiger partial charge in [-0.1, -0.05) is 0 Å². The molecule has 9 heavy (non-hydrogen) atoms. The third-order valence-corrected chi connectivity index (χ3v) is 0. The smallest absolute Gasteiger partial charge is 1.00 e. The summed E-state index contributed by atoms with van der Waals surface area (Å²) < 4.78 is 0. The zero-order chi connectivity index (χ0) is 7.15. The molecule has 4 nitrogen and oxygen atoms in total. The Hall–Kier alpha value is -0.463. The van der Waals surface area contributed by atoms with Gasteiger partial charge in [-0.25, -0.2) is 0 Å². The fraction of sp³-hybridized carbons (Fsp3) is 0.500. The van der Waals surface area contributed by atoms with Gasteiger partial charge < -0.3 is 12.9 Å². The molecule has 0 aromatic carbocycles. The molecule has 0 aromatic rings. The summed E-state index contributed by atoms with van der Waals surface area (Å²) in [5.41, 5.74) is 8.94. The van der Waals surface area contributed by atoms with Crippen molar-refractivity contribution in [2.24, 2.45) is 11.5 Å². The second-order valence-corrected chi connectivity index (χ2v) is 1.22. The van der Waals surface area contributed by atoms with Crippen LogP contribution in [-0.2, 0) is 9.59 Å². The Balaban J connectivity index is -0.0000000300. The van der Waals surface area contributed by atoms with Crippen LogP contribution in [-0.4, -0.2) is 11.8 Å². The summed E-state index contributed by atoms with van der Waals surface area (Å²) in [6, 6.07) is 0. The predicted molar refractivity (Wildman–Crippen MR) is 30.8 cm³/mol. The van der Waals surface area contributed by atoms with Crippen LogP contribution < -0.4 is 30.3 Å². The molecule has 0 spiro atoms. The van der Waals surface area contributed by atoms with Gasteiger partial charge in [-0.15, -0.1) is 0 Å². The van der Waals surface area contributed by atoms with Gasteiger partial charge >= 0.3 is 18.9 Å². The summed E-state index contributed by atoms with van der Waals surface area (Å²) in [6.45, 7) is 2.61. The van der Waals surface area contributed by atoms with Crippen molar-refractivity contribution in [1.29, 1.82) is 0 Å². The molecular weight excluding hydrogens is 115 g/mol. The number of amides is 2. The molecule has 0 aliphatic heterocycles. The van der Waals surface area contributed by atoms with E-state index in [-0.39, 0.29) is 32.1 Å². The fourth-order valence-corrected chi connectivity index (χ4v) is 0. The van der Waals surface area contributed by atoms with E-state index in [9.17, 15) is 9.59 Å². The quantitative estimate of drug-likeness (QED) is 0.325. The van der Waals surface area contributed by atoms with Gasteiger partial charge in [0.15, 0.2) is 0 Å². The Bertz CT molecular complexity index is 79.3. The van der Waals surface area contributed by atoms with Gasteiger partial charge in [-0.3, -0.25) is 9.59 Å². The van der Waals surface area contributed by atoms with E-state index in [2.05, 4.69) is 11.5 Å². The van der Waals surface area contributed by atoms with Crippen LogP contribution in [0, 0.1) is 0 Å². The van der Waals surface area contributed by atoms with E-state index in [0.29, 0.717) is 0 Å². The number of nitrogens with two attached hydrogens (primary N) is 2. The van der Waals surface area contributed by atoms with Crippen molar-refractivity contribution in [3.05, 3.63) is 0 Å². The molecule has 0 heterocycles. The summed E-state index contributed by atoms with van der Waals surface area (Å²) in [5, 5.41) is 0. The van der Waals surface area contributed by atoms with Gasteiger partial charge in [0.2, 0.25) is 11.8 Å². The molecule has 0 saturated carbocycles. The molecule has 4 N–H and O–H groups in total. The molecule has 0 rings (SSSR count). The molecular formula is C4H11LiN2O2. The predicted octanol–water partition coefficient (Wildman–Crippen LogP) is -3.90. The molecule has 0 unspecified atom stereocenters. The molecule has 2 amide bonds. The van der Waals surface area contributed by atoms with Crippen molar-refractivity contribution >= 4 is 11.8 Å². The minimum absolute atomic E-state index is 0. The van der Waals surface area contributed by atoms with Crippen molar-refractivity contribution in [1.82, 2.24) is 0 Å². The number of rotatable bonds is 0. The van der Waals surface area contributed by atoms with E-state index in [4.69, 9.17) is 0 Å². The Morgan fingerprint density at radius 2 is 1.11 bits per heavy atom. The summed E-state index contributed by atoms with van der Waals surface area (Å²) in [4.78, 5) is 18.4. The van der Waals surface area contributed by atoms with Crippen LogP contribution in [0.2, 0.25) is 0 Å². The molecule has 0 aromatic heterocycles. The Morgan fingerprint density at radius 1 is 1.11 bits per heavy atom. The van der Waals surface area contributed by atoms with Gasteiger partial charge in [-0.05, 0) is 0 Å². The number of hydrogen-bond acceptors (Lipinski definition) is 2. The van der Waals surface area contributed by atoms with E-state index in [1.807, 2.05) is 0 Å². The van der Waals surface area contributed by atoms with Crippen molar-refractivity contribution in [3.8, 4) is 0 Å². The minimum Gasteiger partial charge on any atom is -1.00 e. The molecule has 5 heteroatoms. The number of carbonyl (C=O) groups excluding carboxylic acids is 2. The largest absolute Gasteiger partial charge is 1.00 e. The van der Waals surface area contributed by atoms with Crippen molar-refractivity contribution in [2.75, 3.05) is 0 Å². The number of hydrogen-bond donors (Lipinski definition) is 2. The molecule has 0 atom stereocenters. The van der Waals surface area contributed by atoms with Crippen molar-refractivity contribution < 1.29 is 29.9 Å². The van der Waals surface area contributed by atoms with Crippen LogP contribution in [0.3, 0.4) is 0 Å². The van der Waals surface area contributed by atoms with Crippen LogP contribution in [0.4, 0.5) is 0 Å². The summed E-state index contributed by atoms with van der Waals surface area (Å²) in [6.07, 6.45) is 0. The first-order valence-electron chi connectivity index (χ1n) is 1.99. The fourth-order valence-electron chi connectivity index (χ4n) is 0. The average molecular weight is 126 g/mol. The average Bonchev–Trinajstić information content (AvgIpc) is 1.25. The molecule has 0 radical (unpaired) electrons. The van der Waals surface area contributed by atoms with Gasteiger partial charge in [0.05, 0.1) is 0 Å². The first kappa shape index (κ1) is 15.8. The zero-order valence-corrected chi connectivity index (χ0v) is 5.97. The van der Waals surface area contributed by atoms with Gasteiger partial charge in [0.25, 0.3) is 0 Å². The molecule has 0 aliphatic rings. The SMILES string of the molecule is CC(N)=O.CC(N)=O.[H-].[Li+]. The van der Waals surface area contributed by atoms with E-state index in [1.54, 1.807) is 0 Å². The standard InChI is InChI=1S/2C2H5NO.Li.H/c2*1-2(3)4;;/h2*1H3,(H2,3,4);;/q;;+1;-1. The maximum atomic E-state index is 9.22. The Morgan fingerprint density at radius 3 is 1.11 bits per heavy atom. The molecule has 50 valence electrons. The van der Waals surface area contributed by atoms with Crippen LogP contribution in [0.5, 0.6) is 0 Å². The van der Waals surface area contributed by atoms with E-state index in [0.717, 1.165) is 0 Å². The third-order valence-electron chi connectivity index (χ3n) is 0. The van der Waals surface area contributed by atoms with E-state index in [1.165, 1.54) is 13.8 Å². The monoisotopic (exact) mass is 126 g/mol. The first-order chi connectivity index (χ1) is 3.46. The third kappa shape index (κ3) is 1080. The van der Waals surface area contributed by atoms with Gasteiger partial charge in [-0.2, -0.15) is 0 Å². The molecule has 0 saturated heterocycles. The second-order valence-electron chi connectivity index (χ2n) is 1.22.